The van der Waals surface area contributed by atoms with Crippen LogP contribution in [0.3, 0.4) is 0 Å². The number of aromatic nitrogens is 3. The van der Waals surface area contributed by atoms with Gasteiger partial charge in [-0.2, -0.15) is 4.98 Å². The Labute approximate surface area is 178 Å². The first-order valence-electron chi connectivity index (χ1n) is 9.97. The molecule has 30 heavy (non-hydrogen) atoms. The molecule has 0 bridgehead atoms. The van der Waals surface area contributed by atoms with Crippen LogP contribution in [-0.4, -0.2) is 39.5 Å². The van der Waals surface area contributed by atoms with Gasteiger partial charge in [0.25, 0.3) is 5.56 Å². The molecule has 4 rings (SSSR count). The van der Waals surface area contributed by atoms with Gasteiger partial charge in [0.2, 0.25) is 5.95 Å². The Morgan fingerprint density at radius 3 is 2.63 bits per heavy atom. The number of halogens is 2. The topological polar surface area (TPSA) is 127 Å². The quantitative estimate of drug-likeness (QED) is 0.638. The minimum Gasteiger partial charge on any atom is -0.383 e. The van der Waals surface area contributed by atoms with Crippen LogP contribution in [0.1, 0.15) is 43.2 Å². The van der Waals surface area contributed by atoms with Crippen LogP contribution in [0.15, 0.2) is 17.1 Å². The highest BCUT2D eigenvalue weighted by molar-refractivity contribution is 6.37. The minimum absolute atomic E-state index is 0.0294. The number of hydrogen-bond acceptors (Lipinski definition) is 7. The van der Waals surface area contributed by atoms with Gasteiger partial charge in [-0.15, -0.1) is 0 Å². The number of nitrogens with two attached hydrogens (primary N) is 2. The van der Waals surface area contributed by atoms with E-state index in [0.29, 0.717) is 31.9 Å². The van der Waals surface area contributed by atoms with Gasteiger partial charge in [-0.05, 0) is 43.6 Å². The van der Waals surface area contributed by atoms with E-state index in [0.717, 1.165) is 19.3 Å². The van der Waals surface area contributed by atoms with E-state index in [1.54, 1.807) is 7.05 Å². The van der Waals surface area contributed by atoms with E-state index >= 15 is 0 Å². The second-order valence-electron chi connectivity index (χ2n) is 8.30. The molecule has 3 heterocycles. The van der Waals surface area contributed by atoms with Crippen molar-refractivity contribution < 1.29 is 4.39 Å². The van der Waals surface area contributed by atoms with Crippen molar-refractivity contribution in [1.82, 2.24) is 14.5 Å². The van der Waals surface area contributed by atoms with Gasteiger partial charge in [0, 0.05) is 31.9 Å². The molecule has 10 heteroatoms. The lowest BCUT2D eigenvalue weighted by molar-refractivity contribution is 0.203. The molecule has 0 aromatic carbocycles. The number of alkyl halides is 1. The van der Waals surface area contributed by atoms with Crippen LogP contribution in [-0.2, 0) is 7.05 Å². The molecular weight excluding hydrogens is 409 g/mol. The van der Waals surface area contributed by atoms with Gasteiger partial charge in [0.15, 0.2) is 0 Å². The Morgan fingerprint density at radius 1 is 1.30 bits per heavy atom. The molecule has 1 aliphatic heterocycles. The molecule has 0 amide bonds. The summed E-state index contributed by atoms with van der Waals surface area (Å²) in [6.07, 6.45) is 4.64. The first kappa shape index (κ1) is 20.6. The molecule has 2 aromatic heterocycles. The number of nitrogen functional groups attached to an aromatic ring is 2. The van der Waals surface area contributed by atoms with Gasteiger partial charge < -0.3 is 16.4 Å². The lowest BCUT2D eigenvalue weighted by Crippen LogP contribution is -2.42. The Morgan fingerprint density at radius 2 is 2.00 bits per heavy atom. The van der Waals surface area contributed by atoms with Crippen LogP contribution < -0.4 is 21.9 Å². The molecular formula is C20H25ClFN7O. The van der Waals surface area contributed by atoms with Crippen LogP contribution >= 0.6 is 11.6 Å². The monoisotopic (exact) mass is 433 g/mol. The van der Waals surface area contributed by atoms with Gasteiger partial charge >= 0.3 is 0 Å². The van der Waals surface area contributed by atoms with Crippen molar-refractivity contribution >= 4 is 34.9 Å². The highest BCUT2D eigenvalue weighted by Crippen LogP contribution is 2.47. The third-order valence-electron chi connectivity index (χ3n) is 6.48. The summed E-state index contributed by atoms with van der Waals surface area (Å²) in [6.45, 7) is 1.38. The van der Waals surface area contributed by atoms with Crippen LogP contribution in [0, 0.1) is 10.8 Å². The normalized spacial score (nSPS) is 20.6. The van der Waals surface area contributed by atoms with E-state index in [-0.39, 0.29) is 38.9 Å². The average Bonchev–Trinajstić information content (AvgIpc) is 3.07. The zero-order valence-corrected chi connectivity index (χ0v) is 17.5. The number of nitrogens with one attached hydrogen (secondary N) is 1. The first-order chi connectivity index (χ1) is 14.2. The molecule has 5 N–H and O–H groups in total. The number of nitrogens with zero attached hydrogens (tertiary/aromatic N) is 4. The summed E-state index contributed by atoms with van der Waals surface area (Å²) in [5, 5.41) is 8.57. The largest absolute Gasteiger partial charge is 0.383 e. The number of anilines is 3. The van der Waals surface area contributed by atoms with E-state index in [1.165, 1.54) is 16.8 Å². The fourth-order valence-electron chi connectivity index (χ4n) is 4.68. The SMILES string of the molecule is Cn1c(N2CCC3(CCC(F)C3)CC2)nc(N)c(C(=N)c2ccnc(N)c2Cl)c1=O. The van der Waals surface area contributed by atoms with Gasteiger partial charge in [0.05, 0.1) is 10.7 Å². The molecule has 2 aromatic rings. The Bertz CT molecular complexity index is 1060. The van der Waals surface area contributed by atoms with Crippen molar-refractivity contribution in [3.63, 3.8) is 0 Å². The molecule has 1 atom stereocenters. The van der Waals surface area contributed by atoms with Crippen molar-refractivity contribution in [2.75, 3.05) is 29.5 Å². The van der Waals surface area contributed by atoms with E-state index < -0.39 is 11.7 Å². The average molecular weight is 434 g/mol. The van der Waals surface area contributed by atoms with Gasteiger partial charge in [0.1, 0.15) is 23.4 Å². The van der Waals surface area contributed by atoms with Crippen LogP contribution in [0.5, 0.6) is 0 Å². The fourth-order valence-corrected chi connectivity index (χ4v) is 4.89. The smallest absolute Gasteiger partial charge is 0.266 e. The number of hydrogen-bond donors (Lipinski definition) is 3. The maximum absolute atomic E-state index is 13.7. The number of pyridine rings is 1. The van der Waals surface area contributed by atoms with Crippen LogP contribution in [0.4, 0.5) is 22.0 Å². The number of rotatable bonds is 3. The molecule has 1 saturated heterocycles. The second-order valence-corrected chi connectivity index (χ2v) is 8.67. The van der Waals surface area contributed by atoms with Gasteiger partial charge in [-0.3, -0.25) is 14.8 Å². The van der Waals surface area contributed by atoms with E-state index in [1.807, 2.05) is 4.90 Å². The van der Waals surface area contributed by atoms with E-state index in [9.17, 15) is 9.18 Å². The highest BCUT2D eigenvalue weighted by Gasteiger charge is 2.42. The molecule has 2 fully saturated rings. The molecule has 160 valence electrons. The maximum atomic E-state index is 13.7. The van der Waals surface area contributed by atoms with E-state index in [2.05, 4.69) is 9.97 Å². The third kappa shape index (κ3) is 3.40. The molecule has 1 saturated carbocycles. The predicted octanol–water partition coefficient (Wildman–Crippen LogP) is 2.52. The summed E-state index contributed by atoms with van der Waals surface area (Å²) in [6, 6.07) is 1.51. The number of piperidine rings is 1. The fraction of sp³-hybridized carbons (Fsp3) is 0.500. The molecule has 8 nitrogen and oxygen atoms in total. The Hall–Kier alpha value is -2.68. The summed E-state index contributed by atoms with van der Waals surface area (Å²) < 4.78 is 15.1. The third-order valence-corrected chi connectivity index (χ3v) is 6.88. The molecule has 1 aliphatic carbocycles. The van der Waals surface area contributed by atoms with Crippen molar-refractivity contribution in [3.8, 4) is 0 Å². The molecule has 1 spiro atoms. The van der Waals surface area contributed by atoms with Gasteiger partial charge in [-0.25, -0.2) is 9.37 Å². The van der Waals surface area contributed by atoms with Crippen molar-refractivity contribution in [3.05, 3.63) is 38.8 Å². The molecule has 0 radical (unpaired) electrons. The summed E-state index contributed by atoms with van der Waals surface area (Å²) in [7, 11) is 1.61. The maximum Gasteiger partial charge on any atom is 0.266 e. The summed E-state index contributed by atoms with van der Waals surface area (Å²) in [5.41, 5.74) is 11.6. The van der Waals surface area contributed by atoms with Crippen molar-refractivity contribution in [2.24, 2.45) is 12.5 Å². The zero-order valence-electron chi connectivity index (χ0n) is 16.8. The van der Waals surface area contributed by atoms with Crippen LogP contribution in [0.2, 0.25) is 5.02 Å². The van der Waals surface area contributed by atoms with Crippen LogP contribution in [0.25, 0.3) is 0 Å². The Kier molecular flexibility index (Phi) is 5.17. The predicted molar refractivity (Wildman–Crippen MR) is 116 cm³/mol. The zero-order chi connectivity index (χ0) is 21.6. The molecule has 1 unspecified atom stereocenters. The van der Waals surface area contributed by atoms with E-state index in [4.69, 9.17) is 28.5 Å². The minimum atomic E-state index is -0.700. The first-order valence-corrected chi connectivity index (χ1v) is 10.3. The Balaban J connectivity index is 1.63. The summed E-state index contributed by atoms with van der Waals surface area (Å²) >= 11 is 6.17. The highest BCUT2D eigenvalue weighted by atomic mass is 35.5. The molecule has 2 aliphatic rings. The van der Waals surface area contributed by atoms with Gasteiger partial charge in [-0.1, -0.05) is 11.6 Å². The standard InChI is InChI=1S/C20H25ClFN7O/c1-28-18(30)13(15(23)12-3-7-26-17(25)14(12)21)16(24)27-19(28)29-8-5-20(6-9-29)4-2-11(22)10-20/h3,7,11,23H,2,4-6,8-10,24H2,1H3,(H2,25,26). The lowest BCUT2D eigenvalue weighted by atomic mass is 9.77. The second kappa shape index (κ2) is 7.54. The van der Waals surface area contributed by atoms with Crippen molar-refractivity contribution in [2.45, 2.75) is 38.3 Å². The summed E-state index contributed by atoms with van der Waals surface area (Å²) in [4.78, 5) is 23.4. The summed E-state index contributed by atoms with van der Waals surface area (Å²) in [5.74, 6) is 0.497. The lowest BCUT2D eigenvalue weighted by Gasteiger charge is -2.40. The van der Waals surface area contributed by atoms with Crippen molar-refractivity contribution in [1.29, 1.82) is 5.41 Å².